The van der Waals surface area contributed by atoms with E-state index in [-0.39, 0.29) is 11.4 Å². The van der Waals surface area contributed by atoms with Crippen LogP contribution in [-0.2, 0) is 0 Å². The predicted molar refractivity (Wildman–Crippen MR) is 50.1 cm³/mol. The summed E-state index contributed by atoms with van der Waals surface area (Å²) in [6.07, 6.45) is 1.56. The van der Waals surface area contributed by atoms with E-state index in [0.717, 1.165) is 0 Å². The molecule has 0 aliphatic rings. The fourth-order valence-electron chi connectivity index (χ4n) is 1.24. The van der Waals surface area contributed by atoms with Crippen LogP contribution in [0.4, 0.5) is 5.69 Å². The lowest BCUT2D eigenvalue weighted by Gasteiger charge is -1.98. The van der Waals surface area contributed by atoms with Crippen LogP contribution >= 0.6 is 0 Å². The number of nitrogens with zero attached hydrogens (tertiary/aromatic N) is 2. The number of phenolic OH excluding ortho intramolecular Hbond substituents is 1. The molecule has 0 saturated heterocycles. The van der Waals surface area contributed by atoms with Gasteiger partial charge < -0.3 is 5.11 Å². The quantitative estimate of drug-likeness (QED) is 0.549. The molecule has 1 heterocycles. The van der Waals surface area contributed by atoms with Crippen LogP contribution < -0.4 is 0 Å². The normalized spacial score (nSPS) is 10.3. The highest BCUT2D eigenvalue weighted by atomic mass is 16.6. The Morgan fingerprint density at radius 1 is 1.43 bits per heavy atom. The zero-order valence-electron chi connectivity index (χ0n) is 7.04. The van der Waals surface area contributed by atoms with Crippen LogP contribution in [0.2, 0.25) is 0 Å². The van der Waals surface area contributed by atoms with E-state index >= 15 is 0 Å². The summed E-state index contributed by atoms with van der Waals surface area (Å²) in [6.45, 7) is 0. The van der Waals surface area contributed by atoms with Gasteiger partial charge in [-0.1, -0.05) is 6.07 Å². The van der Waals surface area contributed by atoms with Gasteiger partial charge in [0.15, 0.2) is 5.75 Å². The number of benzene rings is 1. The summed E-state index contributed by atoms with van der Waals surface area (Å²) < 4.78 is 0. The van der Waals surface area contributed by atoms with Gasteiger partial charge in [-0.25, -0.2) is 0 Å². The van der Waals surface area contributed by atoms with Gasteiger partial charge in [-0.3, -0.25) is 15.1 Å². The standard InChI is InChI=1S/C9H6N2O3/c12-9-5-7-6(2-1-3-10-7)4-8(9)11(13)14/h1-5,12H. The largest absolute Gasteiger partial charge is 0.502 e. The van der Waals surface area contributed by atoms with E-state index in [1.165, 1.54) is 12.1 Å². The number of rotatable bonds is 1. The van der Waals surface area contributed by atoms with Crippen molar-refractivity contribution in [1.82, 2.24) is 4.98 Å². The zero-order chi connectivity index (χ0) is 10.1. The molecule has 0 aliphatic heterocycles. The molecule has 1 aromatic carbocycles. The molecular weight excluding hydrogens is 184 g/mol. The van der Waals surface area contributed by atoms with Gasteiger partial charge in [-0.05, 0) is 6.07 Å². The molecule has 0 aliphatic carbocycles. The summed E-state index contributed by atoms with van der Waals surface area (Å²) in [6, 6.07) is 5.98. The van der Waals surface area contributed by atoms with E-state index in [1.54, 1.807) is 18.3 Å². The third kappa shape index (κ3) is 1.24. The van der Waals surface area contributed by atoms with Gasteiger partial charge in [-0.15, -0.1) is 0 Å². The Balaban J connectivity index is 2.77. The summed E-state index contributed by atoms with van der Waals surface area (Å²) in [7, 11) is 0. The molecule has 1 aromatic heterocycles. The van der Waals surface area contributed by atoms with Gasteiger partial charge in [-0.2, -0.15) is 0 Å². The average Bonchev–Trinajstić information content (AvgIpc) is 2.16. The minimum absolute atomic E-state index is 0.300. The SMILES string of the molecule is O=[N+]([O-])c1cc2cccnc2cc1O. The van der Waals surface area contributed by atoms with Crippen molar-refractivity contribution in [2.45, 2.75) is 0 Å². The second kappa shape index (κ2) is 2.95. The second-order valence-corrected chi connectivity index (χ2v) is 2.79. The van der Waals surface area contributed by atoms with Crippen LogP contribution in [0.15, 0.2) is 30.5 Å². The Morgan fingerprint density at radius 2 is 2.21 bits per heavy atom. The number of hydrogen-bond acceptors (Lipinski definition) is 4. The lowest BCUT2D eigenvalue weighted by Crippen LogP contribution is -1.89. The number of nitro benzene ring substituents is 1. The molecular formula is C9H6N2O3. The first-order valence-corrected chi connectivity index (χ1v) is 3.90. The summed E-state index contributed by atoms with van der Waals surface area (Å²) in [5.74, 6) is -0.360. The van der Waals surface area contributed by atoms with Crippen molar-refractivity contribution in [1.29, 1.82) is 0 Å². The van der Waals surface area contributed by atoms with E-state index in [4.69, 9.17) is 0 Å². The molecule has 0 fully saturated rings. The Morgan fingerprint density at radius 3 is 2.93 bits per heavy atom. The molecule has 0 radical (unpaired) electrons. The summed E-state index contributed by atoms with van der Waals surface area (Å²) in [5.41, 5.74) is 0.237. The highest BCUT2D eigenvalue weighted by molar-refractivity contribution is 5.83. The van der Waals surface area contributed by atoms with E-state index < -0.39 is 4.92 Å². The first-order chi connectivity index (χ1) is 6.68. The number of hydrogen-bond donors (Lipinski definition) is 1. The molecule has 1 N–H and O–H groups in total. The molecule has 0 atom stereocenters. The average molecular weight is 190 g/mol. The molecule has 0 bridgehead atoms. The fraction of sp³-hybridized carbons (Fsp3) is 0. The van der Waals surface area contributed by atoms with Crippen molar-refractivity contribution < 1.29 is 10.0 Å². The lowest BCUT2D eigenvalue weighted by atomic mass is 10.2. The summed E-state index contributed by atoms with van der Waals surface area (Å²) in [5, 5.41) is 20.4. The molecule has 70 valence electrons. The molecule has 0 unspecified atom stereocenters. The molecule has 0 spiro atoms. The highest BCUT2D eigenvalue weighted by Gasteiger charge is 2.13. The molecule has 5 heteroatoms. The smallest absolute Gasteiger partial charge is 0.311 e. The van der Waals surface area contributed by atoms with E-state index in [9.17, 15) is 15.2 Å². The molecule has 14 heavy (non-hydrogen) atoms. The number of phenols is 1. The summed E-state index contributed by atoms with van der Waals surface area (Å²) >= 11 is 0. The fourth-order valence-corrected chi connectivity index (χ4v) is 1.24. The first-order valence-electron chi connectivity index (χ1n) is 3.90. The number of nitro groups is 1. The van der Waals surface area contributed by atoms with Crippen molar-refractivity contribution in [3.05, 3.63) is 40.6 Å². The van der Waals surface area contributed by atoms with Gasteiger partial charge in [0.25, 0.3) is 0 Å². The highest BCUT2D eigenvalue weighted by Crippen LogP contribution is 2.29. The van der Waals surface area contributed by atoms with Crippen LogP contribution in [0.5, 0.6) is 5.75 Å². The molecule has 2 aromatic rings. The Labute approximate surface area is 78.8 Å². The topological polar surface area (TPSA) is 76.3 Å². The molecule has 2 rings (SSSR count). The van der Waals surface area contributed by atoms with E-state index in [1.807, 2.05) is 0 Å². The van der Waals surface area contributed by atoms with Crippen LogP contribution in [-0.4, -0.2) is 15.0 Å². The predicted octanol–water partition coefficient (Wildman–Crippen LogP) is 1.85. The third-order valence-electron chi connectivity index (χ3n) is 1.90. The number of aromatic nitrogens is 1. The van der Waals surface area contributed by atoms with Gasteiger partial charge >= 0.3 is 5.69 Å². The number of pyridine rings is 1. The van der Waals surface area contributed by atoms with Crippen molar-refractivity contribution in [3.63, 3.8) is 0 Å². The first kappa shape index (κ1) is 8.43. The van der Waals surface area contributed by atoms with Gasteiger partial charge in [0.05, 0.1) is 10.4 Å². The maximum Gasteiger partial charge on any atom is 0.311 e. The minimum Gasteiger partial charge on any atom is -0.502 e. The van der Waals surface area contributed by atoms with Crippen molar-refractivity contribution in [2.75, 3.05) is 0 Å². The Bertz CT molecular complexity index is 510. The maximum atomic E-state index is 10.5. The van der Waals surface area contributed by atoms with Crippen molar-refractivity contribution in [3.8, 4) is 5.75 Å². The van der Waals surface area contributed by atoms with Crippen molar-refractivity contribution >= 4 is 16.6 Å². The van der Waals surface area contributed by atoms with Gasteiger partial charge in [0.2, 0.25) is 0 Å². The molecule has 0 amide bonds. The van der Waals surface area contributed by atoms with Crippen LogP contribution in [0.1, 0.15) is 0 Å². The third-order valence-corrected chi connectivity index (χ3v) is 1.90. The Hall–Kier alpha value is -2.17. The van der Waals surface area contributed by atoms with Crippen LogP contribution in [0, 0.1) is 10.1 Å². The number of fused-ring (bicyclic) bond motifs is 1. The van der Waals surface area contributed by atoms with Crippen molar-refractivity contribution in [2.24, 2.45) is 0 Å². The molecule has 5 nitrogen and oxygen atoms in total. The minimum atomic E-state index is -0.623. The molecule has 0 saturated carbocycles. The maximum absolute atomic E-state index is 10.5. The monoisotopic (exact) mass is 190 g/mol. The Kier molecular flexibility index (Phi) is 1.78. The van der Waals surface area contributed by atoms with Crippen LogP contribution in [0.3, 0.4) is 0 Å². The van der Waals surface area contributed by atoms with E-state index in [2.05, 4.69) is 4.98 Å². The number of aromatic hydroxyl groups is 1. The van der Waals surface area contributed by atoms with E-state index in [0.29, 0.717) is 10.9 Å². The lowest BCUT2D eigenvalue weighted by molar-refractivity contribution is -0.385. The zero-order valence-corrected chi connectivity index (χ0v) is 7.04. The van der Waals surface area contributed by atoms with Crippen LogP contribution in [0.25, 0.3) is 10.9 Å². The second-order valence-electron chi connectivity index (χ2n) is 2.79. The van der Waals surface area contributed by atoms with Gasteiger partial charge in [0.1, 0.15) is 0 Å². The summed E-state index contributed by atoms with van der Waals surface area (Å²) in [4.78, 5) is 13.8. The van der Waals surface area contributed by atoms with Gasteiger partial charge in [0, 0.05) is 23.7 Å².